The van der Waals surface area contributed by atoms with Crippen molar-refractivity contribution < 1.29 is 28.6 Å². The molecule has 0 spiro atoms. The van der Waals surface area contributed by atoms with Crippen LogP contribution < -0.4 is 4.74 Å². The van der Waals surface area contributed by atoms with E-state index in [1.165, 1.54) is 11.0 Å². The number of carbonyl (C=O) groups excluding carboxylic acids is 2. The zero-order valence-corrected chi connectivity index (χ0v) is 24.3. The Kier molecular flexibility index (Phi) is 9.29. The zero-order chi connectivity index (χ0) is 29.1. The smallest absolute Gasteiger partial charge is 0.306 e. The maximum Gasteiger partial charge on any atom is 0.306 e. The maximum absolute atomic E-state index is 14.2. The van der Waals surface area contributed by atoms with Crippen molar-refractivity contribution in [3.63, 3.8) is 0 Å². The summed E-state index contributed by atoms with van der Waals surface area (Å²) in [6.45, 7) is 4.11. The van der Waals surface area contributed by atoms with Crippen molar-refractivity contribution in [3.05, 3.63) is 63.4 Å². The van der Waals surface area contributed by atoms with Crippen LogP contribution in [0.1, 0.15) is 80.2 Å². The van der Waals surface area contributed by atoms with Gasteiger partial charge in [-0.1, -0.05) is 36.7 Å². The van der Waals surface area contributed by atoms with E-state index >= 15 is 0 Å². The molecule has 0 bridgehead atoms. The molecule has 220 valence electrons. The summed E-state index contributed by atoms with van der Waals surface area (Å²) in [5.41, 5.74) is 4.17. The van der Waals surface area contributed by atoms with Crippen molar-refractivity contribution in [2.45, 2.75) is 77.3 Å². The van der Waals surface area contributed by atoms with Gasteiger partial charge in [0.15, 0.2) is 0 Å². The highest BCUT2D eigenvalue weighted by atomic mass is 35.5. The number of nitrogens with zero attached hydrogens (tertiary/aromatic N) is 2. The number of hydrogen-bond donors (Lipinski definition) is 1. The molecule has 5 rings (SSSR count). The molecule has 1 N–H and O–H groups in total. The van der Waals surface area contributed by atoms with Crippen molar-refractivity contribution in [2.75, 3.05) is 19.7 Å². The van der Waals surface area contributed by atoms with Gasteiger partial charge in [0.05, 0.1) is 17.5 Å². The van der Waals surface area contributed by atoms with Gasteiger partial charge in [0.25, 0.3) is 0 Å². The number of benzene rings is 2. The second-order valence-corrected chi connectivity index (χ2v) is 11.9. The Labute approximate surface area is 245 Å². The van der Waals surface area contributed by atoms with E-state index < -0.39 is 5.97 Å². The van der Waals surface area contributed by atoms with Gasteiger partial charge in [-0.2, -0.15) is 0 Å². The molecular weight excluding hydrogens is 547 g/mol. The summed E-state index contributed by atoms with van der Waals surface area (Å²) in [5.74, 6) is -0.467. The Morgan fingerprint density at radius 2 is 1.80 bits per heavy atom. The molecular formula is C32H38ClFN2O5. The largest absolute Gasteiger partial charge is 0.491 e. The number of carboxylic acid groups (broad SMARTS) is 1. The summed E-state index contributed by atoms with van der Waals surface area (Å²) >= 11 is 6.36. The quantitative estimate of drug-likeness (QED) is 0.329. The fourth-order valence-corrected chi connectivity index (χ4v) is 6.98. The first-order chi connectivity index (χ1) is 19.7. The van der Waals surface area contributed by atoms with Crippen LogP contribution in [0.3, 0.4) is 0 Å². The van der Waals surface area contributed by atoms with Crippen molar-refractivity contribution >= 4 is 29.4 Å². The fourth-order valence-electron chi connectivity index (χ4n) is 6.72. The van der Waals surface area contributed by atoms with E-state index in [4.69, 9.17) is 16.3 Å². The second kappa shape index (κ2) is 12.9. The first-order valence-corrected chi connectivity index (χ1v) is 15.1. The molecule has 0 aromatic heterocycles. The first-order valence-electron chi connectivity index (χ1n) is 14.8. The van der Waals surface area contributed by atoms with E-state index in [-0.39, 0.29) is 60.6 Å². The van der Waals surface area contributed by atoms with Gasteiger partial charge in [-0.25, -0.2) is 4.39 Å². The molecule has 9 heteroatoms. The SMILES string of the molecule is CCc1cc(CN(C[C@H]2CC[C@H](C(=O)O)CC2)C2CCc3c2ccc(F)c3Cl)ccc1OCCN1C(=O)CCC1=O. The number of likely N-dealkylation sites (tertiary alicyclic amines) is 1. The third-order valence-corrected chi connectivity index (χ3v) is 9.42. The Bertz CT molecular complexity index is 1290. The summed E-state index contributed by atoms with van der Waals surface area (Å²) in [7, 11) is 0. The topological polar surface area (TPSA) is 87.2 Å². The Hall–Kier alpha value is -2.97. The third-order valence-electron chi connectivity index (χ3n) is 9.01. The molecule has 1 saturated heterocycles. The first kappa shape index (κ1) is 29.5. The molecule has 41 heavy (non-hydrogen) atoms. The lowest BCUT2D eigenvalue weighted by molar-refractivity contribution is -0.143. The van der Waals surface area contributed by atoms with E-state index in [2.05, 4.69) is 24.0 Å². The Morgan fingerprint density at radius 3 is 2.49 bits per heavy atom. The molecule has 2 aliphatic carbocycles. The minimum absolute atomic E-state index is 0.108. The number of carbonyl (C=O) groups is 3. The van der Waals surface area contributed by atoms with Crippen LogP contribution in [0.25, 0.3) is 0 Å². The van der Waals surface area contributed by atoms with Crippen molar-refractivity contribution in [1.29, 1.82) is 0 Å². The lowest BCUT2D eigenvalue weighted by Gasteiger charge is -2.35. The number of rotatable bonds is 11. The summed E-state index contributed by atoms with van der Waals surface area (Å²) in [6.07, 6.45) is 6.07. The van der Waals surface area contributed by atoms with Crippen LogP contribution in [0, 0.1) is 17.7 Å². The molecule has 1 heterocycles. The molecule has 2 fully saturated rings. The minimum atomic E-state index is -0.699. The number of aryl methyl sites for hydroxylation is 1. The summed E-state index contributed by atoms with van der Waals surface area (Å²) < 4.78 is 20.2. The van der Waals surface area contributed by atoms with Crippen LogP contribution in [0.2, 0.25) is 5.02 Å². The summed E-state index contributed by atoms with van der Waals surface area (Å²) in [6, 6.07) is 9.61. The van der Waals surface area contributed by atoms with Crippen LogP contribution in [-0.4, -0.2) is 52.4 Å². The van der Waals surface area contributed by atoms with Crippen LogP contribution in [0.4, 0.5) is 4.39 Å². The number of hydrogen-bond acceptors (Lipinski definition) is 5. The number of carboxylic acids is 1. The van der Waals surface area contributed by atoms with E-state index in [1.54, 1.807) is 0 Å². The van der Waals surface area contributed by atoms with Gasteiger partial charge < -0.3 is 9.84 Å². The number of halogens is 2. The lowest BCUT2D eigenvalue weighted by Crippen LogP contribution is -2.34. The van der Waals surface area contributed by atoms with E-state index in [0.29, 0.717) is 25.3 Å². The average molecular weight is 585 g/mol. The van der Waals surface area contributed by atoms with Gasteiger partial charge in [-0.15, -0.1) is 0 Å². The highest BCUT2D eigenvalue weighted by molar-refractivity contribution is 6.31. The number of amides is 2. The predicted octanol–water partition coefficient (Wildman–Crippen LogP) is 5.95. The maximum atomic E-state index is 14.2. The summed E-state index contributed by atoms with van der Waals surface area (Å²) in [5, 5.41) is 9.66. The van der Waals surface area contributed by atoms with Gasteiger partial charge in [0.2, 0.25) is 11.8 Å². The average Bonchev–Trinajstić information content (AvgIpc) is 3.54. The number of fused-ring (bicyclic) bond motifs is 1. The van der Waals surface area contributed by atoms with Crippen LogP contribution in [-0.2, 0) is 33.8 Å². The number of ether oxygens (including phenoxy) is 1. The molecule has 1 aliphatic heterocycles. The second-order valence-electron chi connectivity index (χ2n) is 11.6. The molecule has 2 aromatic carbocycles. The van der Waals surface area contributed by atoms with Crippen LogP contribution in [0.15, 0.2) is 30.3 Å². The molecule has 3 aliphatic rings. The van der Waals surface area contributed by atoms with Gasteiger partial charge >= 0.3 is 5.97 Å². The lowest BCUT2D eigenvalue weighted by atomic mass is 9.81. The van der Waals surface area contributed by atoms with Gasteiger partial charge in [0.1, 0.15) is 18.2 Å². The summed E-state index contributed by atoms with van der Waals surface area (Å²) in [4.78, 5) is 39.0. The monoisotopic (exact) mass is 584 g/mol. The Morgan fingerprint density at radius 1 is 1.07 bits per heavy atom. The van der Waals surface area contributed by atoms with Gasteiger partial charge in [-0.3, -0.25) is 24.2 Å². The molecule has 1 unspecified atom stereocenters. The molecule has 1 saturated carbocycles. The van der Waals surface area contributed by atoms with Gasteiger partial charge in [0, 0.05) is 32.0 Å². The molecule has 2 aromatic rings. The van der Waals surface area contributed by atoms with Crippen molar-refractivity contribution in [2.24, 2.45) is 11.8 Å². The van der Waals surface area contributed by atoms with E-state index in [1.807, 2.05) is 12.1 Å². The standard InChI is InChI=1S/C32H38ClFN2O5/c1-2-22-17-21(5-12-28(22)41-16-15-36-29(37)13-14-30(36)38)19-35(18-20-3-6-23(7-4-20)32(39)40)27-11-9-25-24(27)8-10-26(34)31(25)33/h5,8,10,12,17,20,23,27H,2-4,6-7,9,11,13-16,18-19H2,1H3,(H,39,40)/t20-,23-,27?. The van der Waals surface area contributed by atoms with Crippen molar-refractivity contribution in [3.8, 4) is 5.75 Å². The molecule has 1 atom stereocenters. The minimum Gasteiger partial charge on any atom is -0.491 e. The number of imide groups is 1. The predicted molar refractivity (Wildman–Crippen MR) is 153 cm³/mol. The zero-order valence-electron chi connectivity index (χ0n) is 23.5. The highest BCUT2D eigenvalue weighted by Gasteiger charge is 2.34. The van der Waals surface area contributed by atoms with Crippen LogP contribution in [0.5, 0.6) is 5.75 Å². The Balaban J connectivity index is 1.31. The van der Waals surface area contributed by atoms with E-state index in [0.717, 1.165) is 66.7 Å². The van der Waals surface area contributed by atoms with E-state index in [9.17, 15) is 23.9 Å². The number of aliphatic carboxylic acids is 1. The van der Waals surface area contributed by atoms with Crippen LogP contribution >= 0.6 is 11.6 Å². The van der Waals surface area contributed by atoms with Gasteiger partial charge in [-0.05, 0) is 85.3 Å². The fraction of sp³-hybridized carbons (Fsp3) is 0.531. The molecule has 7 nitrogen and oxygen atoms in total. The third kappa shape index (κ3) is 6.59. The highest BCUT2D eigenvalue weighted by Crippen LogP contribution is 2.42. The molecule has 0 radical (unpaired) electrons. The van der Waals surface area contributed by atoms with Crippen molar-refractivity contribution in [1.82, 2.24) is 9.80 Å². The molecule has 2 amide bonds. The normalized spacial score (nSPS) is 22.4.